The van der Waals surface area contributed by atoms with Crippen LogP contribution in [0, 0.1) is 0 Å². The normalized spacial score (nSPS) is 9.16. The molecule has 6 nitrogen and oxygen atoms in total. The van der Waals surface area contributed by atoms with Gasteiger partial charge in [0.05, 0.1) is 6.61 Å². The van der Waals surface area contributed by atoms with Gasteiger partial charge in [0.25, 0.3) is 0 Å². The number of nitrogens with one attached hydrogen (secondary N) is 1. The smallest absolute Gasteiger partial charge is 0.404 e. The molecule has 4 N–H and O–H groups in total. The third kappa shape index (κ3) is 26.3. The lowest BCUT2D eigenvalue weighted by Crippen LogP contribution is -2.21. The molecule has 0 aromatic rings. The Morgan fingerprint density at radius 3 is 2.11 bits per heavy atom. The molecule has 0 aromatic carbocycles. The second kappa shape index (κ2) is 16.5. The Morgan fingerprint density at radius 1 is 1.05 bits per heavy atom. The van der Waals surface area contributed by atoms with Gasteiger partial charge in [-0.3, -0.25) is 0 Å². The van der Waals surface area contributed by atoms with Crippen molar-refractivity contribution in [2.24, 2.45) is 5.73 Å². The maximum atomic E-state index is 9.96. The van der Waals surface area contributed by atoms with Crippen molar-refractivity contribution < 1.29 is 19.4 Å². The highest BCUT2D eigenvalue weighted by Crippen LogP contribution is 1.96. The Kier molecular flexibility index (Phi) is 17.3. The third-order valence-corrected chi connectivity index (χ3v) is 2.30. The Labute approximate surface area is 115 Å². The number of carboxylic acid groups (broad SMARTS) is 1. The van der Waals surface area contributed by atoms with Crippen LogP contribution in [0.2, 0.25) is 0 Å². The summed E-state index contributed by atoms with van der Waals surface area (Å²) in [7, 11) is 0. The highest BCUT2D eigenvalue weighted by molar-refractivity contribution is 5.64. The second-order valence-electron chi connectivity index (χ2n) is 4.17. The van der Waals surface area contributed by atoms with Crippen molar-refractivity contribution in [3.8, 4) is 0 Å². The largest absolute Gasteiger partial charge is 0.465 e. The minimum atomic E-state index is -0.920. The lowest BCUT2D eigenvalue weighted by molar-refractivity contribution is 0.154. The summed E-state index contributed by atoms with van der Waals surface area (Å²) in [5, 5.41) is 10.5. The molecule has 0 bridgehead atoms. The summed E-state index contributed by atoms with van der Waals surface area (Å²) in [4.78, 5) is 19.9. The van der Waals surface area contributed by atoms with Gasteiger partial charge in [-0.2, -0.15) is 0 Å². The van der Waals surface area contributed by atoms with Crippen molar-refractivity contribution in [2.45, 2.75) is 58.8 Å². The number of carbonyl (C=O) groups excluding carboxylic acids is 1. The van der Waals surface area contributed by atoms with Crippen LogP contribution in [-0.2, 0) is 4.74 Å². The number of hydrogen-bond acceptors (Lipinski definition) is 3. The Hall–Kier alpha value is -1.46. The number of ether oxygens (including phenoxy) is 1. The van der Waals surface area contributed by atoms with E-state index >= 15 is 0 Å². The van der Waals surface area contributed by atoms with E-state index in [1.807, 2.05) is 0 Å². The average molecular weight is 276 g/mol. The standard InChI is InChI=1S/C7H15NO2.C6H13NO2/c1-2-3-4-5-6-8-7(9)10;1-2-3-4-5-9-6(7)8/h8H,2-6H2,1H3,(H,9,10);2-5H2,1H3,(H2,7,8). The first-order valence-corrected chi connectivity index (χ1v) is 6.93. The van der Waals surface area contributed by atoms with E-state index in [-0.39, 0.29) is 0 Å². The van der Waals surface area contributed by atoms with Crippen LogP contribution in [-0.4, -0.2) is 30.4 Å². The van der Waals surface area contributed by atoms with Crippen molar-refractivity contribution in [1.82, 2.24) is 5.32 Å². The van der Waals surface area contributed by atoms with Crippen LogP contribution in [0.1, 0.15) is 58.8 Å². The summed E-state index contributed by atoms with van der Waals surface area (Å²) in [5.74, 6) is 0. The molecule has 0 saturated carbocycles. The number of amides is 2. The van der Waals surface area contributed by atoms with Gasteiger partial charge in [-0.1, -0.05) is 46.0 Å². The first-order valence-electron chi connectivity index (χ1n) is 6.93. The fourth-order valence-electron chi connectivity index (χ4n) is 1.27. The summed E-state index contributed by atoms with van der Waals surface area (Å²) in [6.07, 6.45) is 6.00. The quantitative estimate of drug-likeness (QED) is 0.563. The molecule has 0 fully saturated rings. The number of hydrogen-bond donors (Lipinski definition) is 3. The topological polar surface area (TPSA) is 102 Å². The summed E-state index contributed by atoms with van der Waals surface area (Å²) in [6.45, 7) is 5.27. The molecule has 19 heavy (non-hydrogen) atoms. The van der Waals surface area contributed by atoms with Crippen LogP contribution in [0.15, 0.2) is 0 Å². The van der Waals surface area contributed by atoms with E-state index < -0.39 is 12.2 Å². The maximum Gasteiger partial charge on any atom is 0.404 e. The molecule has 0 rings (SSSR count). The molecule has 0 unspecified atom stereocenters. The first kappa shape index (κ1) is 19.9. The van der Waals surface area contributed by atoms with Gasteiger partial charge >= 0.3 is 12.2 Å². The molecule has 0 atom stereocenters. The van der Waals surface area contributed by atoms with Crippen LogP contribution in [0.5, 0.6) is 0 Å². The van der Waals surface area contributed by atoms with Gasteiger partial charge in [0, 0.05) is 6.54 Å². The van der Waals surface area contributed by atoms with E-state index in [9.17, 15) is 9.59 Å². The van der Waals surface area contributed by atoms with Gasteiger partial charge in [-0.15, -0.1) is 0 Å². The number of carbonyl (C=O) groups is 2. The van der Waals surface area contributed by atoms with Gasteiger partial charge in [0.1, 0.15) is 0 Å². The molecule has 0 aliphatic carbocycles. The van der Waals surface area contributed by atoms with Gasteiger partial charge in [-0.05, 0) is 12.8 Å². The van der Waals surface area contributed by atoms with E-state index in [2.05, 4.69) is 23.9 Å². The Balaban J connectivity index is 0. The minimum absolute atomic E-state index is 0.461. The zero-order valence-electron chi connectivity index (χ0n) is 12.1. The molecule has 114 valence electrons. The molecular weight excluding hydrogens is 248 g/mol. The minimum Gasteiger partial charge on any atom is -0.465 e. The highest BCUT2D eigenvalue weighted by Gasteiger charge is 1.91. The van der Waals surface area contributed by atoms with Crippen LogP contribution >= 0.6 is 0 Å². The van der Waals surface area contributed by atoms with Crippen molar-refractivity contribution in [1.29, 1.82) is 0 Å². The molecule has 0 saturated heterocycles. The lowest BCUT2D eigenvalue weighted by atomic mass is 10.2. The molecule has 2 amide bonds. The highest BCUT2D eigenvalue weighted by atomic mass is 16.5. The fraction of sp³-hybridized carbons (Fsp3) is 0.846. The number of primary amides is 1. The second-order valence-corrected chi connectivity index (χ2v) is 4.17. The maximum absolute atomic E-state index is 9.96. The van der Waals surface area contributed by atoms with E-state index in [4.69, 9.17) is 10.8 Å². The zero-order valence-corrected chi connectivity index (χ0v) is 12.1. The van der Waals surface area contributed by atoms with E-state index in [0.29, 0.717) is 13.2 Å². The summed E-state index contributed by atoms with van der Waals surface area (Å²) >= 11 is 0. The van der Waals surface area contributed by atoms with E-state index in [1.54, 1.807) is 0 Å². The van der Waals surface area contributed by atoms with Gasteiger partial charge in [-0.25, -0.2) is 9.59 Å². The Bertz CT molecular complexity index is 223. The molecule has 6 heteroatoms. The molecule has 0 aliphatic heterocycles. The van der Waals surface area contributed by atoms with Crippen molar-refractivity contribution in [3.63, 3.8) is 0 Å². The van der Waals surface area contributed by atoms with Crippen LogP contribution in [0.4, 0.5) is 9.59 Å². The predicted octanol–water partition coefficient (Wildman–Crippen LogP) is 3.11. The number of rotatable bonds is 9. The molecule has 0 aliphatic rings. The van der Waals surface area contributed by atoms with E-state index in [1.165, 1.54) is 12.8 Å². The summed E-state index contributed by atoms with van der Waals surface area (Å²) < 4.78 is 4.48. The van der Waals surface area contributed by atoms with Gasteiger partial charge in [0.2, 0.25) is 0 Å². The van der Waals surface area contributed by atoms with Crippen molar-refractivity contribution in [3.05, 3.63) is 0 Å². The summed E-state index contributed by atoms with van der Waals surface area (Å²) in [5.41, 5.74) is 4.71. The number of unbranched alkanes of at least 4 members (excludes halogenated alkanes) is 5. The van der Waals surface area contributed by atoms with Gasteiger partial charge < -0.3 is 20.9 Å². The zero-order chi connectivity index (χ0) is 14.9. The van der Waals surface area contributed by atoms with Crippen molar-refractivity contribution >= 4 is 12.2 Å². The van der Waals surface area contributed by atoms with E-state index in [0.717, 1.165) is 32.1 Å². The third-order valence-electron chi connectivity index (χ3n) is 2.30. The average Bonchev–Trinajstić information content (AvgIpc) is 2.35. The van der Waals surface area contributed by atoms with Crippen LogP contribution < -0.4 is 11.1 Å². The van der Waals surface area contributed by atoms with Crippen molar-refractivity contribution in [2.75, 3.05) is 13.2 Å². The monoisotopic (exact) mass is 276 g/mol. The number of nitrogens with two attached hydrogens (primary N) is 1. The van der Waals surface area contributed by atoms with Crippen LogP contribution in [0.25, 0.3) is 0 Å². The first-order chi connectivity index (χ1) is 9.04. The molecule has 0 aromatic heterocycles. The molecule has 0 radical (unpaired) electrons. The fourth-order valence-corrected chi connectivity index (χ4v) is 1.27. The molecular formula is C13H28N2O4. The van der Waals surface area contributed by atoms with Gasteiger partial charge in [0.15, 0.2) is 0 Å². The lowest BCUT2D eigenvalue weighted by Gasteiger charge is -1.98. The summed E-state index contributed by atoms with van der Waals surface area (Å²) in [6, 6.07) is 0. The SMILES string of the molecule is CCCCCCNC(=O)O.CCCCCOC(N)=O. The Morgan fingerprint density at radius 2 is 1.63 bits per heavy atom. The molecule has 0 spiro atoms. The molecule has 0 heterocycles. The predicted molar refractivity (Wildman–Crippen MR) is 75.2 cm³/mol. The van der Waals surface area contributed by atoms with Crippen LogP contribution in [0.3, 0.4) is 0 Å².